The van der Waals surface area contributed by atoms with Crippen molar-refractivity contribution < 1.29 is 0 Å². The van der Waals surface area contributed by atoms with Crippen molar-refractivity contribution in [2.24, 2.45) is 5.92 Å². The maximum absolute atomic E-state index is 3.45. The Labute approximate surface area is 125 Å². The summed E-state index contributed by atoms with van der Waals surface area (Å²) < 4.78 is 0. The predicted molar refractivity (Wildman–Crippen MR) is 89.2 cm³/mol. The molecule has 0 bridgehead atoms. The first-order valence-electron chi connectivity index (χ1n) is 7.95. The van der Waals surface area contributed by atoms with Gasteiger partial charge in [0.05, 0.1) is 0 Å². The topological polar surface area (TPSA) is 15.3 Å². The lowest BCUT2D eigenvalue weighted by molar-refractivity contribution is 0.190. The highest BCUT2D eigenvalue weighted by Gasteiger charge is 2.18. The van der Waals surface area contributed by atoms with Gasteiger partial charge >= 0.3 is 0 Å². The average Bonchev–Trinajstić information content (AvgIpc) is 2.45. The summed E-state index contributed by atoms with van der Waals surface area (Å²) >= 11 is 0. The van der Waals surface area contributed by atoms with Crippen molar-refractivity contribution in [2.45, 2.75) is 52.6 Å². The fourth-order valence-electron chi connectivity index (χ4n) is 2.53. The lowest BCUT2D eigenvalue weighted by Crippen LogP contribution is -2.39. The monoisotopic (exact) mass is 276 g/mol. The molecule has 0 aliphatic heterocycles. The summed E-state index contributed by atoms with van der Waals surface area (Å²) in [5, 5.41) is 3.45. The molecule has 1 rings (SSSR count). The molecular formula is C18H32N2. The molecular weight excluding hydrogens is 244 g/mol. The molecule has 2 heteroatoms. The number of hydrogen-bond acceptors (Lipinski definition) is 2. The van der Waals surface area contributed by atoms with Crippen LogP contribution >= 0.6 is 0 Å². The van der Waals surface area contributed by atoms with Crippen molar-refractivity contribution in [1.29, 1.82) is 0 Å². The Hall–Kier alpha value is -0.860. The van der Waals surface area contributed by atoms with E-state index >= 15 is 0 Å². The van der Waals surface area contributed by atoms with Crippen LogP contribution in [0, 0.1) is 5.92 Å². The largest absolute Gasteiger partial charge is 0.312 e. The highest BCUT2D eigenvalue weighted by atomic mass is 15.1. The van der Waals surface area contributed by atoms with E-state index in [9.17, 15) is 0 Å². The zero-order valence-electron chi connectivity index (χ0n) is 14.1. The molecule has 0 spiro atoms. The fraction of sp³-hybridized carbons (Fsp3) is 0.667. The molecule has 1 aromatic carbocycles. The van der Waals surface area contributed by atoms with Crippen molar-refractivity contribution in [3.8, 4) is 0 Å². The Kier molecular flexibility index (Phi) is 7.25. The Bertz CT molecular complexity index is 370. The summed E-state index contributed by atoms with van der Waals surface area (Å²) in [6.07, 6.45) is 2.39. The van der Waals surface area contributed by atoms with E-state index in [1.165, 1.54) is 24.0 Å². The van der Waals surface area contributed by atoms with Gasteiger partial charge in [-0.05, 0) is 44.5 Å². The first-order valence-corrected chi connectivity index (χ1v) is 7.95. The second kappa shape index (κ2) is 8.43. The molecule has 0 amide bonds. The Morgan fingerprint density at radius 2 is 1.70 bits per heavy atom. The molecule has 0 radical (unpaired) electrons. The first kappa shape index (κ1) is 17.2. The highest BCUT2D eigenvalue weighted by Crippen LogP contribution is 2.18. The molecule has 0 aliphatic rings. The normalized spacial score (nSPS) is 14.8. The third-order valence-corrected chi connectivity index (χ3v) is 4.40. The third kappa shape index (κ3) is 4.92. The maximum atomic E-state index is 3.45. The molecule has 114 valence electrons. The van der Waals surface area contributed by atoms with Gasteiger partial charge in [0.15, 0.2) is 0 Å². The number of benzene rings is 1. The van der Waals surface area contributed by atoms with Gasteiger partial charge in [0.1, 0.15) is 0 Å². The first-order chi connectivity index (χ1) is 9.49. The van der Waals surface area contributed by atoms with Gasteiger partial charge in [-0.2, -0.15) is 0 Å². The number of rotatable bonds is 8. The van der Waals surface area contributed by atoms with E-state index in [0.717, 1.165) is 6.54 Å². The second-order valence-electron chi connectivity index (χ2n) is 6.26. The molecule has 2 nitrogen and oxygen atoms in total. The molecule has 0 saturated carbocycles. The molecule has 0 fully saturated rings. The van der Waals surface area contributed by atoms with Crippen molar-refractivity contribution >= 4 is 0 Å². The van der Waals surface area contributed by atoms with Crippen LogP contribution in [0.1, 0.15) is 51.3 Å². The average molecular weight is 276 g/mol. The lowest BCUT2D eigenvalue weighted by Gasteiger charge is -2.31. The smallest absolute Gasteiger partial charge is 0.0446 e. The number of aryl methyl sites for hydroxylation is 1. The standard InChI is InChI=1S/C18H32N2/c1-7-8-16-9-11-17(12-10-16)18(19-5)13-20(6)15(4)14(2)3/h9-12,14-15,18-19H,7-8,13H2,1-6H3. The zero-order valence-corrected chi connectivity index (χ0v) is 14.1. The van der Waals surface area contributed by atoms with Gasteiger partial charge in [-0.15, -0.1) is 0 Å². The molecule has 1 N–H and O–H groups in total. The summed E-state index contributed by atoms with van der Waals surface area (Å²) in [5.74, 6) is 0.685. The van der Waals surface area contributed by atoms with Crippen molar-refractivity contribution in [2.75, 3.05) is 20.6 Å². The molecule has 0 saturated heterocycles. The van der Waals surface area contributed by atoms with Crippen LogP contribution < -0.4 is 5.32 Å². The lowest BCUT2D eigenvalue weighted by atomic mass is 10.0. The SMILES string of the molecule is CCCc1ccc(C(CN(C)C(C)C(C)C)NC)cc1. The van der Waals surface area contributed by atoms with Crippen LogP contribution in [0.25, 0.3) is 0 Å². The van der Waals surface area contributed by atoms with Crippen LogP contribution in [0.15, 0.2) is 24.3 Å². The fourth-order valence-corrected chi connectivity index (χ4v) is 2.53. The molecule has 0 heterocycles. The van der Waals surface area contributed by atoms with Crippen molar-refractivity contribution in [3.63, 3.8) is 0 Å². The van der Waals surface area contributed by atoms with Gasteiger partial charge in [-0.1, -0.05) is 51.5 Å². The number of hydrogen-bond donors (Lipinski definition) is 1. The van der Waals surface area contributed by atoms with Crippen LogP contribution in [0.5, 0.6) is 0 Å². The van der Waals surface area contributed by atoms with Gasteiger partial charge in [0.2, 0.25) is 0 Å². The minimum Gasteiger partial charge on any atom is -0.312 e. The Morgan fingerprint density at radius 1 is 1.10 bits per heavy atom. The van der Waals surface area contributed by atoms with E-state index in [2.05, 4.69) is 76.3 Å². The summed E-state index contributed by atoms with van der Waals surface area (Å²) in [6.45, 7) is 10.2. The highest BCUT2D eigenvalue weighted by molar-refractivity contribution is 5.25. The van der Waals surface area contributed by atoms with Crippen LogP contribution in [0.3, 0.4) is 0 Å². The van der Waals surface area contributed by atoms with Crippen LogP contribution in [0.4, 0.5) is 0 Å². The van der Waals surface area contributed by atoms with Gasteiger partial charge < -0.3 is 10.2 Å². The van der Waals surface area contributed by atoms with E-state index in [-0.39, 0.29) is 0 Å². The van der Waals surface area contributed by atoms with Gasteiger partial charge in [-0.25, -0.2) is 0 Å². The minimum absolute atomic E-state index is 0.400. The van der Waals surface area contributed by atoms with Crippen molar-refractivity contribution in [3.05, 3.63) is 35.4 Å². The second-order valence-corrected chi connectivity index (χ2v) is 6.26. The predicted octanol–water partition coefficient (Wildman–Crippen LogP) is 3.88. The Balaban J connectivity index is 2.70. The summed E-state index contributed by atoms with van der Waals surface area (Å²) in [5.41, 5.74) is 2.82. The van der Waals surface area contributed by atoms with Crippen LogP contribution in [-0.4, -0.2) is 31.6 Å². The van der Waals surface area contributed by atoms with E-state index in [1.54, 1.807) is 0 Å². The quantitative estimate of drug-likeness (QED) is 0.775. The summed E-state index contributed by atoms with van der Waals surface area (Å²) in [6, 6.07) is 10.1. The number of nitrogens with zero attached hydrogens (tertiary/aromatic N) is 1. The molecule has 2 atom stereocenters. The number of nitrogens with one attached hydrogen (secondary N) is 1. The van der Waals surface area contributed by atoms with Crippen LogP contribution in [0.2, 0.25) is 0 Å². The molecule has 1 aromatic rings. The van der Waals surface area contributed by atoms with Gasteiger partial charge in [-0.3, -0.25) is 0 Å². The third-order valence-electron chi connectivity index (χ3n) is 4.40. The summed E-state index contributed by atoms with van der Waals surface area (Å²) in [4.78, 5) is 2.45. The van der Waals surface area contributed by atoms with Crippen molar-refractivity contribution in [1.82, 2.24) is 10.2 Å². The van der Waals surface area contributed by atoms with E-state index in [0.29, 0.717) is 18.0 Å². The van der Waals surface area contributed by atoms with Crippen LogP contribution in [-0.2, 0) is 6.42 Å². The molecule has 0 aliphatic carbocycles. The minimum atomic E-state index is 0.400. The molecule has 20 heavy (non-hydrogen) atoms. The number of likely N-dealkylation sites (N-methyl/N-ethyl adjacent to an activating group) is 2. The van der Waals surface area contributed by atoms with Gasteiger partial charge in [0, 0.05) is 18.6 Å². The molecule has 2 unspecified atom stereocenters. The van der Waals surface area contributed by atoms with Gasteiger partial charge in [0.25, 0.3) is 0 Å². The van der Waals surface area contributed by atoms with E-state index in [1.807, 2.05) is 0 Å². The zero-order chi connectivity index (χ0) is 15.1. The summed E-state index contributed by atoms with van der Waals surface area (Å²) in [7, 11) is 4.28. The van der Waals surface area contributed by atoms with E-state index in [4.69, 9.17) is 0 Å². The van der Waals surface area contributed by atoms with E-state index < -0.39 is 0 Å². The Morgan fingerprint density at radius 3 is 2.15 bits per heavy atom. The molecule has 0 aromatic heterocycles. The maximum Gasteiger partial charge on any atom is 0.0446 e.